The summed E-state index contributed by atoms with van der Waals surface area (Å²) in [5.41, 5.74) is 3.27. The fourth-order valence-electron chi connectivity index (χ4n) is 2.01. The molecule has 1 heterocycles. The van der Waals surface area contributed by atoms with Crippen LogP contribution in [0.5, 0.6) is 0 Å². The minimum Gasteiger partial charge on any atom is -0.378 e. The topological polar surface area (TPSA) is 79.0 Å². The maximum absolute atomic E-state index is 12.1. The number of carbonyl (C=O) groups is 2. The molecule has 0 atom stereocenters. The van der Waals surface area contributed by atoms with Crippen molar-refractivity contribution in [3.63, 3.8) is 0 Å². The lowest BCUT2D eigenvalue weighted by molar-refractivity contribution is -0.127. The van der Waals surface area contributed by atoms with Gasteiger partial charge in [-0.2, -0.15) is 0 Å². The van der Waals surface area contributed by atoms with Crippen molar-refractivity contribution in [1.82, 2.24) is 15.3 Å². The van der Waals surface area contributed by atoms with Gasteiger partial charge in [-0.3, -0.25) is 9.59 Å². The molecule has 0 unspecified atom stereocenters. The first-order valence-corrected chi connectivity index (χ1v) is 7.23. The van der Waals surface area contributed by atoms with Crippen molar-refractivity contribution in [2.75, 3.05) is 32.8 Å². The number of morpholine rings is 1. The second kappa shape index (κ2) is 8.70. The number of urea groups is 1. The zero-order chi connectivity index (χ0) is 16.5. The molecule has 1 aromatic carbocycles. The van der Waals surface area contributed by atoms with Crippen molar-refractivity contribution < 1.29 is 19.1 Å². The lowest BCUT2D eigenvalue weighted by Crippen LogP contribution is -2.54. The summed E-state index contributed by atoms with van der Waals surface area (Å²) in [5, 5.41) is 0.935. The van der Waals surface area contributed by atoms with Crippen LogP contribution in [0.3, 0.4) is 0 Å². The average molecular weight is 316 g/mol. The van der Waals surface area contributed by atoms with Crippen LogP contribution in [0.2, 0.25) is 0 Å². The van der Waals surface area contributed by atoms with Crippen molar-refractivity contribution in [2.24, 2.45) is 0 Å². The molecule has 0 spiro atoms. The molecule has 7 nitrogen and oxygen atoms in total. The highest BCUT2D eigenvalue weighted by Gasteiger charge is 2.20. The molecule has 0 bridgehead atoms. The van der Waals surface area contributed by atoms with Crippen molar-refractivity contribution >= 4 is 24.3 Å². The van der Waals surface area contributed by atoms with Gasteiger partial charge in [-0.05, 0) is 11.6 Å². The Hall–Kier alpha value is -2.67. The van der Waals surface area contributed by atoms with Gasteiger partial charge < -0.3 is 9.64 Å². The predicted octanol–water partition coefficient (Wildman–Crippen LogP) is 0.595. The number of hydrogen-bond donors (Lipinski definition) is 1. The summed E-state index contributed by atoms with van der Waals surface area (Å²) in [6.45, 7) is 1.45. The smallest absolute Gasteiger partial charge is 0.336 e. The van der Waals surface area contributed by atoms with Crippen molar-refractivity contribution in [1.29, 1.82) is 0 Å². The third-order valence-corrected chi connectivity index (χ3v) is 3.24. The van der Waals surface area contributed by atoms with Gasteiger partial charge >= 0.3 is 6.03 Å². The van der Waals surface area contributed by atoms with E-state index in [1.54, 1.807) is 12.4 Å². The van der Waals surface area contributed by atoms with Gasteiger partial charge in [0.05, 0.1) is 13.2 Å². The number of benzene rings is 1. The molecule has 121 valence electrons. The highest BCUT2D eigenvalue weighted by molar-refractivity contribution is 5.94. The molecule has 1 fully saturated rings. The molecule has 7 heteroatoms. The molecule has 0 saturated carbocycles. The lowest BCUT2D eigenvalue weighted by atomic mass is 10.2. The molecule has 0 aliphatic carbocycles. The summed E-state index contributed by atoms with van der Waals surface area (Å²) in [6, 6.07) is 8.81. The Morgan fingerprint density at radius 2 is 1.96 bits per heavy atom. The summed E-state index contributed by atoms with van der Waals surface area (Å²) in [6.07, 6.45) is 4.53. The minimum absolute atomic E-state index is 0.339. The number of ether oxygens (including phenoxy) is 1. The van der Waals surface area contributed by atoms with Crippen molar-refractivity contribution in [2.45, 2.75) is 0 Å². The van der Waals surface area contributed by atoms with E-state index >= 15 is 0 Å². The molecule has 1 N–H and O–H groups in total. The van der Waals surface area contributed by atoms with Crippen LogP contribution in [0.15, 0.2) is 36.4 Å². The summed E-state index contributed by atoms with van der Waals surface area (Å²) in [5.74, 6) is -0.501. The van der Waals surface area contributed by atoms with Gasteiger partial charge in [-0.1, -0.05) is 30.3 Å². The summed E-state index contributed by atoms with van der Waals surface area (Å²) < 4.78 is 5.16. The number of amides is 3. The Balaban J connectivity index is 1.96. The number of nitrogens with one attached hydrogen (secondary N) is 1. The van der Waals surface area contributed by atoms with Gasteiger partial charge in [-0.15, -0.1) is 0 Å². The first-order chi connectivity index (χ1) is 11.2. The van der Waals surface area contributed by atoms with Crippen LogP contribution in [0.4, 0.5) is 4.79 Å². The van der Waals surface area contributed by atoms with Crippen LogP contribution in [-0.4, -0.2) is 61.0 Å². The van der Waals surface area contributed by atoms with Gasteiger partial charge in [-0.25, -0.2) is 15.2 Å². The average Bonchev–Trinajstić information content (AvgIpc) is 2.61. The number of rotatable bonds is 4. The molecule has 2 rings (SSSR count). The molecule has 1 aliphatic heterocycles. The molecular weight excluding hydrogens is 298 g/mol. The van der Waals surface area contributed by atoms with Crippen LogP contribution in [0.1, 0.15) is 5.56 Å². The van der Waals surface area contributed by atoms with Crippen LogP contribution >= 0.6 is 0 Å². The SMILES string of the molecule is O=[C]CN(NC(=O)N1CCOCC1)C(=O)C=Cc1ccccc1. The number of hydrogen-bond acceptors (Lipinski definition) is 4. The zero-order valence-electron chi connectivity index (χ0n) is 12.6. The molecular formula is C16H18N3O4. The Bertz CT molecular complexity index is 568. The monoisotopic (exact) mass is 316 g/mol. The number of hydrazine groups is 1. The van der Waals surface area contributed by atoms with E-state index in [0.29, 0.717) is 26.3 Å². The first kappa shape index (κ1) is 16.7. The van der Waals surface area contributed by atoms with E-state index in [9.17, 15) is 14.4 Å². The van der Waals surface area contributed by atoms with E-state index in [1.165, 1.54) is 11.0 Å². The van der Waals surface area contributed by atoms with Crippen LogP contribution in [-0.2, 0) is 14.3 Å². The Labute approximate surface area is 134 Å². The molecule has 1 saturated heterocycles. The van der Waals surface area contributed by atoms with Crippen LogP contribution in [0.25, 0.3) is 6.08 Å². The van der Waals surface area contributed by atoms with E-state index in [0.717, 1.165) is 10.6 Å². The lowest BCUT2D eigenvalue weighted by Gasteiger charge is -2.29. The van der Waals surface area contributed by atoms with Crippen LogP contribution in [0, 0.1) is 0 Å². The molecule has 1 aromatic rings. The fourth-order valence-corrected chi connectivity index (χ4v) is 2.01. The largest absolute Gasteiger partial charge is 0.378 e. The number of carbonyl (C=O) groups excluding carboxylic acids is 3. The number of nitrogens with zero attached hydrogens (tertiary/aromatic N) is 2. The molecule has 3 amide bonds. The summed E-state index contributed by atoms with van der Waals surface area (Å²) in [4.78, 5) is 36.3. The van der Waals surface area contributed by atoms with E-state index in [2.05, 4.69) is 5.43 Å². The van der Waals surface area contributed by atoms with E-state index < -0.39 is 11.9 Å². The van der Waals surface area contributed by atoms with Gasteiger partial charge in [0.2, 0.25) is 6.29 Å². The third-order valence-electron chi connectivity index (χ3n) is 3.24. The molecule has 1 radical (unpaired) electrons. The van der Waals surface area contributed by atoms with Gasteiger partial charge in [0.1, 0.15) is 6.54 Å². The van der Waals surface area contributed by atoms with Gasteiger partial charge in [0.15, 0.2) is 0 Å². The third kappa shape index (κ3) is 5.23. The highest BCUT2D eigenvalue weighted by atomic mass is 16.5. The first-order valence-electron chi connectivity index (χ1n) is 7.23. The van der Waals surface area contributed by atoms with Crippen LogP contribution < -0.4 is 5.43 Å². The summed E-state index contributed by atoms with van der Waals surface area (Å²) in [7, 11) is 0. The van der Waals surface area contributed by atoms with E-state index in [-0.39, 0.29) is 6.54 Å². The Kier molecular flexibility index (Phi) is 6.31. The predicted molar refractivity (Wildman–Crippen MR) is 83.8 cm³/mol. The molecule has 1 aliphatic rings. The second-order valence-corrected chi connectivity index (χ2v) is 4.83. The Morgan fingerprint density at radius 1 is 1.26 bits per heavy atom. The highest BCUT2D eigenvalue weighted by Crippen LogP contribution is 2.02. The standard InChI is InChI=1S/C16H18N3O4/c20-11-8-19(17-16(22)18-9-12-23-13-10-18)15(21)7-6-14-4-2-1-3-5-14/h1-7H,8-10,12-13H2,(H,17,22). The van der Waals surface area contributed by atoms with E-state index in [1.807, 2.05) is 30.3 Å². The maximum atomic E-state index is 12.1. The maximum Gasteiger partial charge on any atom is 0.336 e. The second-order valence-electron chi connectivity index (χ2n) is 4.83. The van der Waals surface area contributed by atoms with Gasteiger partial charge in [0.25, 0.3) is 5.91 Å². The summed E-state index contributed by atoms with van der Waals surface area (Å²) >= 11 is 0. The minimum atomic E-state index is -0.501. The van der Waals surface area contributed by atoms with Crippen molar-refractivity contribution in [3.05, 3.63) is 42.0 Å². The quantitative estimate of drug-likeness (QED) is 0.651. The van der Waals surface area contributed by atoms with Gasteiger partial charge in [0, 0.05) is 19.2 Å². The molecule has 23 heavy (non-hydrogen) atoms. The zero-order valence-corrected chi connectivity index (χ0v) is 12.6. The molecule has 0 aromatic heterocycles. The fraction of sp³-hybridized carbons (Fsp3) is 0.312. The Morgan fingerprint density at radius 3 is 2.61 bits per heavy atom. The van der Waals surface area contributed by atoms with Crippen molar-refractivity contribution in [3.8, 4) is 0 Å². The van der Waals surface area contributed by atoms with E-state index in [4.69, 9.17) is 4.74 Å². The normalized spacial score (nSPS) is 14.5.